The van der Waals surface area contributed by atoms with E-state index in [2.05, 4.69) is 42.0 Å². The van der Waals surface area contributed by atoms with Crippen LogP contribution in [-0.2, 0) is 9.59 Å². The molecule has 29 heavy (non-hydrogen) atoms. The average Bonchev–Trinajstić information content (AvgIpc) is 3.19. The third-order valence-electron chi connectivity index (χ3n) is 3.52. The van der Waals surface area contributed by atoms with Crippen molar-refractivity contribution in [2.45, 2.75) is 6.92 Å². The fourth-order valence-corrected chi connectivity index (χ4v) is 3.31. The molecule has 0 unspecified atom stereocenters. The van der Waals surface area contributed by atoms with E-state index >= 15 is 0 Å². The molecular formula is C19H16BrN5O3S. The highest BCUT2D eigenvalue weighted by Gasteiger charge is 2.16. The smallest absolute Gasteiger partial charge is 0.329 e. The van der Waals surface area contributed by atoms with Gasteiger partial charge in [-0.05, 0) is 25.1 Å². The predicted octanol–water partition coefficient (Wildman–Crippen LogP) is 3.46. The molecule has 2 N–H and O–H groups in total. The molecule has 2 aromatic carbocycles. The van der Waals surface area contributed by atoms with Crippen LogP contribution in [0, 0.1) is 0 Å². The van der Waals surface area contributed by atoms with Crippen molar-refractivity contribution in [2.24, 2.45) is 5.10 Å². The van der Waals surface area contributed by atoms with E-state index in [4.69, 9.17) is 4.74 Å². The fourth-order valence-electron chi connectivity index (χ4n) is 2.21. The van der Waals surface area contributed by atoms with E-state index in [-0.39, 0.29) is 5.13 Å². The van der Waals surface area contributed by atoms with Crippen LogP contribution in [0.4, 0.5) is 5.13 Å². The van der Waals surface area contributed by atoms with Crippen LogP contribution >= 0.6 is 27.3 Å². The first-order valence-electron chi connectivity index (χ1n) is 8.52. The van der Waals surface area contributed by atoms with Gasteiger partial charge in [0.15, 0.2) is 0 Å². The van der Waals surface area contributed by atoms with Gasteiger partial charge in [0, 0.05) is 15.6 Å². The number of carbonyl (C=O) groups excluding carboxylic acids is 2. The number of carbonyl (C=O) groups is 2. The Morgan fingerprint density at radius 2 is 1.97 bits per heavy atom. The summed E-state index contributed by atoms with van der Waals surface area (Å²) in [6, 6.07) is 14.8. The zero-order valence-corrected chi connectivity index (χ0v) is 17.7. The lowest BCUT2D eigenvalue weighted by molar-refractivity contribution is -0.136. The summed E-state index contributed by atoms with van der Waals surface area (Å²) in [5, 5.41) is 15.0. The van der Waals surface area contributed by atoms with Gasteiger partial charge >= 0.3 is 11.8 Å². The second-order valence-electron chi connectivity index (χ2n) is 5.55. The number of benzene rings is 2. The Bertz CT molecular complexity index is 1040. The maximum Gasteiger partial charge on any atom is 0.329 e. The molecule has 1 aromatic heterocycles. The van der Waals surface area contributed by atoms with Gasteiger partial charge in [0.25, 0.3) is 0 Å². The number of amides is 2. The van der Waals surface area contributed by atoms with Crippen molar-refractivity contribution < 1.29 is 14.3 Å². The van der Waals surface area contributed by atoms with E-state index in [1.165, 1.54) is 17.6 Å². The molecule has 0 saturated carbocycles. The number of hydrogen-bond donors (Lipinski definition) is 2. The van der Waals surface area contributed by atoms with Crippen molar-refractivity contribution in [3.8, 4) is 16.3 Å². The largest absolute Gasteiger partial charge is 0.494 e. The lowest BCUT2D eigenvalue weighted by atomic mass is 10.2. The Hall–Kier alpha value is -3.11. The molecule has 0 aliphatic rings. The summed E-state index contributed by atoms with van der Waals surface area (Å²) in [6.45, 7) is 2.42. The third-order valence-corrected chi connectivity index (χ3v) is 5.13. The molecular weight excluding hydrogens is 458 g/mol. The number of anilines is 1. The van der Waals surface area contributed by atoms with Gasteiger partial charge in [0.1, 0.15) is 10.8 Å². The quantitative estimate of drug-likeness (QED) is 0.324. The van der Waals surface area contributed by atoms with Crippen molar-refractivity contribution in [1.82, 2.24) is 15.6 Å². The van der Waals surface area contributed by atoms with Crippen LogP contribution < -0.4 is 15.5 Å². The maximum absolute atomic E-state index is 12.0. The average molecular weight is 474 g/mol. The van der Waals surface area contributed by atoms with E-state index < -0.39 is 11.8 Å². The molecule has 0 fully saturated rings. The molecule has 8 nitrogen and oxygen atoms in total. The zero-order valence-electron chi connectivity index (χ0n) is 15.3. The number of hydrazone groups is 1. The normalized spacial score (nSPS) is 10.7. The summed E-state index contributed by atoms with van der Waals surface area (Å²) >= 11 is 4.56. The summed E-state index contributed by atoms with van der Waals surface area (Å²) < 4.78 is 6.19. The fraction of sp³-hybridized carbons (Fsp3) is 0.105. The van der Waals surface area contributed by atoms with Gasteiger partial charge in [-0.1, -0.05) is 57.6 Å². The first-order valence-corrected chi connectivity index (χ1v) is 10.1. The molecule has 1 heterocycles. The van der Waals surface area contributed by atoms with Crippen LogP contribution in [0.1, 0.15) is 12.5 Å². The van der Waals surface area contributed by atoms with Crippen LogP contribution in [0.25, 0.3) is 10.6 Å². The van der Waals surface area contributed by atoms with Crippen molar-refractivity contribution in [2.75, 3.05) is 11.9 Å². The number of aromatic nitrogens is 2. The molecule has 0 spiro atoms. The summed E-state index contributed by atoms with van der Waals surface area (Å²) in [5.74, 6) is -1.14. The SMILES string of the molecule is CCOc1ccc(Br)c(/C=N/NC(=O)C(=O)Nc2nnc(-c3ccccc3)s2)c1. The van der Waals surface area contributed by atoms with Gasteiger partial charge in [-0.25, -0.2) is 5.43 Å². The summed E-state index contributed by atoms with van der Waals surface area (Å²) in [4.78, 5) is 24.0. The van der Waals surface area contributed by atoms with Gasteiger partial charge in [-0.15, -0.1) is 10.2 Å². The van der Waals surface area contributed by atoms with Crippen LogP contribution in [-0.4, -0.2) is 34.8 Å². The monoisotopic (exact) mass is 473 g/mol. The number of halogens is 1. The summed E-state index contributed by atoms with van der Waals surface area (Å²) in [7, 11) is 0. The molecule has 148 valence electrons. The summed E-state index contributed by atoms with van der Waals surface area (Å²) in [5.41, 5.74) is 3.74. The van der Waals surface area contributed by atoms with E-state index in [1.54, 1.807) is 12.1 Å². The first-order chi connectivity index (χ1) is 14.1. The topological polar surface area (TPSA) is 106 Å². The van der Waals surface area contributed by atoms with Crippen LogP contribution in [0.2, 0.25) is 0 Å². The molecule has 0 radical (unpaired) electrons. The molecule has 10 heteroatoms. The van der Waals surface area contributed by atoms with Crippen LogP contribution in [0.5, 0.6) is 5.75 Å². The highest BCUT2D eigenvalue weighted by Crippen LogP contribution is 2.25. The zero-order chi connectivity index (χ0) is 20.6. The highest BCUT2D eigenvalue weighted by atomic mass is 79.9. The second kappa shape index (κ2) is 9.89. The van der Waals surface area contributed by atoms with Gasteiger partial charge in [-0.3, -0.25) is 14.9 Å². The molecule has 2 amide bonds. The number of hydrogen-bond acceptors (Lipinski definition) is 7. The molecule has 3 rings (SSSR count). The Labute approximate surface area is 179 Å². The molecule has 3 aromatic rings. The van der Waals surface area contributed by atoms with Gasteiger partial charge in [0.2, 0.25) is 5.13 Å². The van der Waals surface area contributed by atoms with Crippen molar-refractivity contribution >= 4 is 50.4 Å². The van der Waals surface area contributed by atoms with Crippen molar-refractivity contribution in [3.05, 3.63) is 58.6 Å². The van der Waals surface area contributed by atoms with Crippen LogP contribution in [0.3, 0.4) is 0 Å². The minimum atomic E-state index is -0.921. The summed E-state index contributed by atoms with van der Waals surface area (Å²) in [6.07, 6.45) is 1.41. The van der Waals surface area contributed by atoms with Gasteiger partial charge in [-0.2, -0.15) is 5.10 Å². The standard InChI is InChI=1S/C19H16BrN5O3S/c1-2-28-14-8-9-15(20)13(10-14)11-21-23-17(27)16(26)22-19-25-24-18(29-19)12-6-4-3-5-7-12/h3-11H,2H2,1H3,(H,23,27)(H,22,25,26)/b21-11+. The number of rotatable bonds is 6. The van der Waals surface area contributed by atoms with Crippen molar-refractivity contribution in [1.29, 1.82) is 0 Å². The Morgan fingerprint density at radius 3 is 2.72 bits per heavy atom. The number of nitrogens with zero attached hydrogens (tertiary/aromatic N) is 3. The Kier molecular flexibility index (Phi) is 7.04. The number of ether oxygens (including phenoxy) is 1. The van der Waals surface area contributed by atoms with Crippen LogP contribution in [0.15, 0.2) is 58.1 Å². The maximum atomic E-state index is 12.0. The minimum Gasteiger partial charge on any atom is -0.494 e. The molecule has 0 bridgehead atoms. The Morgan fingerprint density at radius 1 is 1.17 bits per heavy atom. The van der Waals surface area contributed by atoms with Crippen molar-refractivity contribution in [3.63, 3.8) is 0 Å². The van der Waals surface area contributed by atoms with E-state index in [0.717, 1.165) is 10.0 Å². The van der Waals surface area contributed by atoms with E-state index in [0.29, 0.717) is 22.9 Å². The third kappa shape index (κ3) is 5.69. The second-order valence-corrected chi connectivity index (χ2v) is 7.38. The Balaban J connectivity index is 1.57. The number of nitrogens with one attached hydrogen (secondary N) is 2. The van der Waals surface area contributed by atoms with E-state index in [9.17, 15) is 9.59 Å². The van der Waals surface area contributed by atoms with Gasteiger partial charge < -0.3 is 4.74 Å². The van der Waals surface area contributed by atoms with Gasteiger partial charge in [0.05, 0.1) is 12.8 Å². The van der Waals surface area contributed by atoms with E-state index in [1.807, 2.05) is 43.3 Å². The predicted molar refractivity (Wildman–Crippen MR) is 115 cm³/mol. The minimum absolute atomic E-state index is 0.222. The first kappa shape index (κ1) is 20.6. The molecule has 0 saturated heterocycles. The lowest BCUT2D eigenvalue weighted by Gasteiger charge is -2.05. The molecule has 0 atom stereocenters. The molecule has 0 aliphatic heterocycles. The molecule has 0 aliphatic carbocycles. The lowest BCUT2D eigenvalue weighted by Crippen LogP contribution is -2.32. The highest BCUT2D eigenvalue weighted by molar-refractivity contribution is 9.10.